The van der Waals surface area contributed by atoms with Crippen LogP contribution >= 0.6 is 28.1 Å². The second-order valence-corrected chi connectivity index (χ2v) is 10.4. The number of halogens is 4. The summed E-state index contributed by atoms with van der Waals surface area (Å²) in [5.74, 6) is 0. The van der Waals surface area contributed by atoms with Crippen molar-refractivity contribution in [1.29, 1.82) is 0 Å². The van der Waals surface area contributed by atoms with Crippen molar-refractivity contribution in [1.82, 2.24) is 14.9 Å². The van der Waals surface area contributed by atoms with Gasteiger partial charge in [-0.05, 0) is 98.7 Å². The minimum atomic E-state index is -4.42. The van der Waals surface area contributed by atoms with Gasteiger partial charge < -0.3 is 14.8 Å². The molecular weight excluding hydrogens is 561 g/mol. The summed E-state index contributed by atoms with van der Waals surface area (Å²) in [6, 6.07) is 18.7. The van der Waals surface area contributed by atoms with Gasteiger partial charge in [0.2, 0.25) is 0 Å². The Balaban J connectivity index is 1.68. The van der Waals surface area contributed by atoms with E-state index in [1.54, 1.807) is 12.3 Å². The molecule has 1 aliphatic heterocycles. The van der Waals surface area contributed by atoms with Crippen molar-refractivity contribution < 1.29 is 13.2 Å². The van der Waals surface area contributed by atoms with Gasteiger partial charge in [0.1, 0.15) is 0 Å². The first kappa shape index (κ1) is 25.5. The van der Waals surface area contributed by atoms with Crippen molar-refractivity contribution in [2.75, 3.05) is 4.90 Å². The minimum absolute atomic E-state index is 0.256. The maximum absolute atomic E-state index is 13.5. The minimum Gasteiger partial charge on any atom is -0.351 e. The first-order valence-electron chi connectivity index (χ1n) is 11.7. The molecule has 1 fully saturated rings. The molecule has 0 spiro atoms. The van der Waals surface area contributed by atoms with Gasteiger partial charge in [-0.15, -0.1) is 0 Å². The molecule has 4 nitrogen and oxygen atoms in total. The van der Waals surface area contributed by atoms with Crippen molar-refractivity contribution in [3.8, 4) is 5.69 Å². The van der Waals surface area contributed by atoms with E-state index in [2.05, 4.69) is 37.2 Å². The normalized spacial score (nSPS) is 17.8. The monoisotopic (exact) mass is 584 g/mol. The lowest BCUT2D eigenvalue weighted by molar-refractivity contribution is -0.137. The van der Waals surface area contributed by atoms with Gasteiger partial charge in [0.25, 0.3) is 0 Å². The average Bonchev–Trinajstić information content (AvgIpc) is 3.36. The van der Waals surface area contributed by atoms with E-state index in [1.807, 2.05) is 61.7 Å². The van der Waals surface area contributed by atoms with E-state index in [9.17, 15) is 13.2 Å². The summed E-state index contributed by atoms with van der Waals surface area (Å²) in [5, 5.41) is 4.01. The molecular formula is C28H24BrF3N4S. The van der Waals surface area contributed by atoms with E-state index in [0.717, 1.165) is 44.4 Å². The zero-order valence-electron chi connectivity index (χ0n) is 20.3. The van der Waals surface area contributed by atoms with Gasteiger partial charge in [-0.2, -0.15) is 13.2 Å². The number of benzene rings is 2. The van der Waals surface area contributed by atoms with Gasteiger partial charge >= 0.3 is 6.18 Å². The first-order valence-corrected chi connectivity index (χ1v) is 12.9. The van der Waals surface area contributed by atoms with Gasteiger partial charge in [0.05, 0.1) is 23.3 Å². The van der Waals surface area contributed by atoms with Crippen LogP contribution < -0.4 is 10.2 Å². The molecule has 0 aliphatic carbocycles. The number of anilines is 1. The van der Waals surface area contributed by atoms with Gasteiger partial charge in [-0.25, -0.2) is 0 Å². The molecule has 0 saturated carbocycles. The van der Waals surface area contributed by atoms with Crippen molar-refractivity contribution in [3.63, 3.8) is 0 Å². The summed E-state index contributed by atoms with van der Waals surface area (Å²) in [7, 11) is 0. The third-order valence-corrected chi connectivity index (χ3v) is 7.94. The summed E-state index contributed by atoms with van der Waals surface area (Å²) in [4.78, 5) is 6.67. The second-order valence-electron chi connectivity index (χ2n) is 9.14. The van der Waals surface area contributed by atoms with Crippen LogP contribution in [0, 0.1) is 20.8 Å². The summed E-state index contributed by atoms with van der Waals surface area (Å²) in [6.07, 6.45) is -2.68. The molecule has 1 saturated heterocycles. The molecule has 2 aromatic carbocycles. The topological polar surface area (TPSA) is 33.1 Å². The molecule has 3 heterocycles. The smallest absolute Gasteiger partial charge is 0.351 e. The predicted molar refractivity (Wildman–Crippen MR) is 147 cm³/mol. The molecule has 0 unspecified atom stereocenters. The molecule has 1 N–H and O–H groups in total. The number of hydrogen-bond acceptors (Lipinski definition) is 2. The molecule has 5 rings (SSSR count). The zero-order valence-corrected chi connectivity index (χ0v) is 22.7. The van der Waals surface area contributed by atoms with Crippen molar-refractivity contribution in [2.24, 2.45) is 0 Å². The number of nitrogens with one attached hydrogen (secondary N) is 1. The number of rotatable bonds is 4. The zero-order chi connectivity index (χ0) is 26.5. The lowest BCUT2D eigenvalue weighted by Crippen LogP contribution is -2.29. The molecule has 9 heteroatoms. The second kappa shape index (κ2) is 9.61. The van der Waals surface area contributed by atoms with Crippen molar-refractivity contribution in [2.45, 2.75) is 39.0 Å². The molecule has 37 heavy (non-hydrogen) atoms. The highest BCUT2D eigenvalue weighted by Crippen LogP contribution is 2.44. The fraction of sp³-hybridized carbons (Fsp3) is 0.214. The van der Waals surface area contributed by atoms with Crippen LogP contribution in [0.1, 0.15) is 45.9 Å². The molecule has 0 amide bonds. The van der Waals surface area contributed by atoms with Gasteiger partial charge in [0, 0.05) is 33.4 Å². The largest absolute Gasteiger partial charge is 0.416 e. The molecule has 1 aliphatic rings. The highest BCUT2D eigenvalue weighted by Gasteiger charge is 2.42. The highest BCUT2D eigenvalue weighted by atomic mass is 79.9. The molecule has 0 radical (unpaired) electrons. The van der Waals surface area contributed by atoms with Gasteiger partial charge in [-0.3, -0.25) is 4.98 Å². The summed E-state index contributed by atoms with van der Waals surface area (Å²) < 4.78 is 43.3. The fourth-order valence-electron chi connectivity index (χ4n) is 5.03. The Hall–Kier alpha value is -3.17. The number of hydrogen-bond donors (Lipinski definition) is 1. The summed E-state index contributed by atoms with van der Waals surface area (Å²) >= 11 is 9.40. The Bertz CT molecular complexity index is 1480. The Labute approximate surface area is 227 Å². The SMILES string of the molecule is Cc1cc(N2C(=S)N[C@H](c3ccccn3)[C@@H]2c2cc(C)n(-c3cccc(C(F)(F)F)c3)c2C)ccc1Br. The molecule has 0 bridgehead atoms. The van der Waals surface area contributed by atoms with E-state index in [1.165, 1.54) is 12.1 Å². The third kappa shape index (κ3) is 4.66. The number of thiocarbonyl (C=S) groups is 1. The quantitative estimate of drug-likeness (QED) is 0.248. The first-order chi connectivity index (χ1) is 17.6. The van der Waals surface area contributed by atoms with Crippen LogP contribution in [-0.4, -0.2) is 14.7 Å². The van der Waals surface area contributed by atoms with Crippen molar-refractivity contribution >= 4 is 38.9 Å². The Morgan fingerprint density at radius 2 is 1.73 bits per heavy atom. The standard InChI is InChI=1S/C28H24BrF3N4S/c1-16-13-21(10-11-23(16)29)36-26(25(34-27(36)37)24-9-4-5-12-33-24)22-14-17(2)35(18(22)3)20-8-6-7-19(15-20)28(30,31)32/h4-15,25-26H,1-3H3,(H,34,37)/t25-,26+/m1/s1. The van der Waals surface area contributed by atoms with E-state index < -0.39 is 11.7 Å². The molecule has 2 atom stereocenters. The van der Waals surface area contributed by atoms with Crippen LogP contribution in [0.15, 0.2) is 77.4 Å². The average molecular weight is 585 g/mol. The number of pyridine rings is 1. The highest BCUT2D eigenvalue weighted by molar-refractivity contribution is 9.10. The lowest BCUT2D eigenvalue weighted by Gasteiger charge is -2.28. The summed E-state index contributed by atoms with van der Waals surface area (Å²) in [6.45, 7) is 5.86. The number of aryl methyl sites for hydroxylation is 2. The number of nitrogens with zero attached hydrogens (tertiary/aromatic N) is 3. The maximum Gasteiger partial charge on any atom is 0.416 e. The predicted octanol–water partition coefficient (Wildman–Crippen LogP) is 7.76. The lowest BCUT2D eigenvalue weighted by atomic mass is 9.96. The molecule has 190 valence electrons. The number of alkyl halides is 3. The summed E-state index contributed by atoms with van der Waals surface area (Å²) in [5.41, 5.74) is 5.23. The fourth-order valence-corrected chi connectivity index (χ4v) is 5.63. The molecule has 4 aromatic rings. The Kier molecular flexibility index (Phi) is 6.62. The van der Waals surface area contributed by atoms with Gasteiger partial charge in [-0.1, -0.05) is 28.1 Å². The van der Waals surface area contributed by atoms with Crippen LogP contribution in [0.2, 0.25) is 0 Å². The third-order valence-electron chi connectivity index (χ3n) is 6.74. The molecule has 2 aromatic heterocycles. The van der Waals surface area contributed by atoms with E-state index in [-0.39, 0.29) is 12.1 Å². The van der Waals surface area contributed by atoms with Crippen LogP contribution in [0.25, 0.3) is 5.69 Å². The van der Waals surface area contributed by atoms with Crippen molar-refractivity contribution in [3.05, 3.63) is 111 Å². The van der Waals surface area contributed by atoms with E-state index in [0.29, 0.717) is 10.8 Å². The Morgan fingerprint density at radius 3 is 2.41 bits per heavy atom. The van der Waals surface area contributed by atoms with E-state index in [4.69, 9.17) is 12.2 Å². The van der Waals surface area contributed by atoms with Crippen LogP contribution in [0.3, 0.4) is 0 Å². The van der Waals surface area contributed by atoms with Gasteiger partial charge in [0.15, 0.2) is 5.11 Å². The van der Waals surface area contributed by atoms with Crippen LogP contribution in [0.5, 0.6) is 0 Å². The van der Waals surface area contributed by atoms with E-state index >= 15 is 0 Å². The number of aromatic nitrogens is 2. The maximum atomic E-state index is 13.5. The van der Waals surface area contributed by atoms with Crippen LogP contribution in [-0.2, 0) is 6.18 Å². The Morgan fingerprint density at radius 1 is 0.946 bits per heavy atom. The van der Waals surface area contributed by atoms with Crippen LogP contribution in [0.4, 0.5) is 18.9 Å².